The van der Waals surface area contributed by atoms with E-state index in [4.69, 9.17) is 9.84 Å². The van der Waals surface area contributed by atoms with Crippen LogP contribution in [0.5, 0.6) is 0 Å². The van der Waals surface area contributed by atoms with Gasteiger partial charge in [0.25, 0.3) is 0 Å². The Kier molecular flexibility index (Phi) is 5.60. The summed E-state index contributed by atoms with van der Waals surface area (Å²) in [6.07, 6.45) is 1.76. The number of rotatable bonds is 6. The number of aliphatic carboxylic acids is 1. The third kappa shape index (κ3) is 4.80. The molecule has 2 N–H and O–H groups in total. The number of carbonyl (C=O) groups is 2. The second kappa shape index (κ2) is 7.24. The van der Waals surface area contributed by atoms with Crippen molar-refractivity contribution in [3.05, 3.63) is 42.0 Å². The minimum absolute atomic E-state index is 0.398. The Hall–Kier alpha value is -2.14. The summed E-state index contributed by atoms with van der Waals surface area (Å²) in [7, 11) is 0. The van der Waals surface area contributed by atoms with E-state index in [1.165, 1.54) is 0 Å². The Balaban J connectivity index is 2.71. The van der Waals surface area contributed by atoms with Gasteiger partial charge in [-0.05, 0) is 13.0 Å². The lowest BCUT2D eigenvalue weighted by Gasteiger charge is -2.09. The molecule has 0 saturated carbocycles. The predicted molar refractivity (Wildman–Crippen MR) is 67.2 cm³/mol. The normalized spacial score (nSPS) is 10.5. The topological polar surface area (TPSA) is 75.6 Å². The van der Waals surface area contributed by atoms with Gasteiger partial charge in [-0.25, -0.2) is 4.79 Å². The zero-order valence-electron chi connectivity index (χ0n) is 10.1. The number of carboxylic acid groups (broad SMARTS) is 1. The van der Waals surface area contributed by atoms with Gasteiger partial charge in [0.15, 0.2) is 0 Å². The van der Waals surface area contributed by atoms with Gasteiger partial charge >= 0.3 is 5.97 Å². The number of hydrogen-bond acceptors (Lipinski definition) is 3. The van der Waals surface area contributed by atoms with Crippen molar-refractivity contribution in [2.45, 2.75) is 13.5 Å². The van der Waals surface area contributed by atoms with Gasteiger partial charge in [0.1, 0.15) is 0 Å². The molecule has 0 fully saturated rings. The van der Waals surface area contributed by atoms with E-state index in [0.717, 1.165) is 17.7 Å². The summed E-state index contributed by atoms with van der Waals surface area (Å²) in [5, 5.41) is 11.0. The fraction of sp³-hybridized carbons (Fsp3) is 0.231. The molecule has 0 saturated heterocycles. The van der Waals surface area contributed by atoms with Gasteiger partial charge in [0, 0.05) is 30.0 Å². The van der Waals surface area contributed by atoms with Crippen LogP contribution in [0.4, 0.5) is 5.69 Å². The standard InChI is InChI=1S/C13H15NO4/c1-2-18-9-10-5-3-4-6-11(10)14-12(15)7-8-13(16)17/h3-8H,2,9H2,1H3,(H,14,15)(H,16,17)/b8-7+. The maximum atomic E-state index is 11.4. The second-order valence-electron chi connectivity index (χ2n) is 3.46. The first kappa shape index (κ1) is 13.9. The van der Waals surface area contributed by atoms with Crippen LogP contribution in [-0.2, 0) is 20.9 Å². The Bertz CT molecular complexity index is 454. The number of carboxylic acids is 1. The first-order valence-corrected chi connectivity index (χ1v) is 5.51. The summed E-state index contributed by atoms with van der Waals surface area (Å²) in [5.41, 5.74) is 1.46. The van der Waals surface area contributed by atoms with Crippen LogP contribution in [0.1, 0.15) is 12.5 Å². The van der Waals surface area contributed by atoms with Gasteiger partial charge in [-0.15, -0.1) is 0 Å². The van der Waals surface area contributed by atoms with Crippen molar-refractivity contribution in [1.29, 1.82) is 0 Å². The van der Waals surface area contributed by atoms with Crippen LogP contribution in [-0.4, -0.2) is 23.6 Å². The average Bonchev–Trinajstić information content (AvgIpc) is 2.35. The number of ether oxygens (including phenoxy) is 1. The first-order valence-electron chi connectivity index (χ1n) is 5.51. The van der Waals surface area contributed by atoms with Crippen LogP contribution in [0.15, 0.2) is 36.4 Å². The van der Waals surface area contributed by atoms with Crippen LogP contribution in [0.25, 0.3) is 0 Å². The molecule has 18 heavy (non-hydrogen) atoms. The molecule has 0 atom stereocenters. The maximum absolute atomic E-state index is 11.4. The highest BCUT2D eigenvalue weighted by molar-refractivity contribution is 6.02. The van der Waals surface area contributed by atoms with Crippen LogP contribution < -0.4 is 5.32 Å². The zero-order valence-corrected chi connectivity index (χ0v) is 10.1. The van der Waals surface area contributed by atoms with E-state index in [2.05, 4.69) is 5.32 Å². The molecule has 0 aliphatic carbocycles. The summed E-state index contributed by atoms with van der Waals surface area (Å²) in [6, 6.07) is 7.20. The van der Waals surface area contributed by atoms with Gasteiger partial charge < -0.3 is 15.2 Å². The van der Waals surface area contributed by atoms with E-state index >= 15 is 0 Å². The lowest BCUT2D eigenvalue weighted by Crippen LogP contribution is -2.11. The molecule has 0 aromatic heterocycles. The molecule has 0 radical (unpaired) electrons. The Labute approximate surface area is 105 Å². The molecule has 0 spiro atoms. The molecule has 5 heteroatoms. The second-order valence-corrected chi connectivity index (χ2v) is 3.46. The molecule has 96 valence electrons. The Morgan fingerprint density at radius 3 is 2.72 bits per heavy atom. The minimum atomic E-state index is -1.16. The minimum Gasteiger partial charge on any atom is -0.478 e. The molecule has 0 heterocycles. The van der Waals surface area contributed by atoms with Gasteiger partial charge in [0.2, 0.25) is 5.91 Å². The molecule has 5 nitrogen and oxygen atoms in total. The highest BCUT2D eigenvalue weighted by Crippen LogP contribution is 2.15. The fourth-order valence-corrected chi connectivity index (χ4v) is 1.30. The molecule has 0 unspecified atom stereocenters. The third-order valence-electron chi connectivity index (χ3n) is 2.11. The maximum Gasteiger partial charge on any atom is 0.328 e. The van der Waals surface area contributed by atoms with Crippen LogP contribution in [0.2, 0.25) is 0 Å². The largest absolute Gasteiger partial charge is 0.478 e. The lowest BCUT2D eigenvalue weighted by molar-refractivity contribution is -0.131. The molecule has 1 amide bonds. The predicted octanol–water partition coefficient (Wildman–Crippen LogP) is 1.80. The van der Waals surface area contributed by atoms with E-state index in [1.807, 2.05) is 19.1 Å². The van der Waals surface area contributed by atoms with Gasteiger partial charge in [-0.3, -0.25) is 4.79 Å². The molecule has 1 aromatic rings. The summed E-state index contributed by atoms with van der Waals surface area (Å²) >= 11 is 0. The molecule has 1 rings (SSSR count). The summed E-state index contributed by atoms with van der Waals surface area (Å²) in [5.74, 6) is -1.64. The van der Waals surface area contributed by atoms with E-state index in [-0.39, 0.29) is 0 Å². The van der Waals surface area contributed by atoms with Crippen molar-refractivity contribution in [3.8, 4) is 0 Å². The molecular formula is C13H15NO4. The van der Waals surface area contributed by atoms with Crippen molar-refractivity contribution >= 4 is 17.6 Å². The molecular weight excluding hydrogens is 234 g/mol. The molecule has 1 aromatic carbocycles. The summed E-state index contributed by atoms with van der Waals surface area (Å²) < 4.78 is 5.28. The van der Waals surface area contributed by atoms with Gasteiger partial charge in [-0.2, -0.15) is 0 Å². The smallest absolute Gasteiger partial charge is 0.328 e. The van der Waals surface area contributed by atoms with E-state index in [0.29, 0.717) is 18.9 Å². The van der Waals surface area contributed by atoms with Gasteiger partial charge in [0.05, 0.1) is 6.61 Å². The Morgan fingerprint density at radius 1 is 1.33 bits per heavy atom. The number of carbonyl (C=O) groups excluding carboxylic acids is 1. The number of nitrogens with one attached hydrogen (secondary N) is 1. The lowest BCUT2D eigenvalue weighted by atomic mass is 10.2. The number of benzene rings is 1. The SMILES string of the molecule is CCOCc1ccccc1NC(=O)/C=C/C(=O)O. The quantitative estimate of drug-likeness (QED) is 0.754. The van der Waals surface area contributed by atoms with Crippen molar-refractivity contribution < 1.29 is 19.4 Å². The van der Waals surface area contributed by atoms with Gasteiger partial charge in [-0.1, -0.05) is 18.2 Å². The fourth-order valence-electron chi connectivity index (χ4n) is 1.30. The van der Waals surface area contributed by atoms with E-state index in [9.17, 15) is 9.59 Å². The summed E-state index contributed by atoms with van der Waals surface area (Å²) in [4.78, 5) is 21.7. The highest BCUT2D eigenvalue weighted by atomic mass is 16.5. The van der Waals surface area contributed by atoms with E-state index in [1.54, 1.807) is 12.1 Å². The molecule has 0 aliphatic rings. The van der Waals surface area contributed by atoms with Crippen LogP contribution in [0, 0.1) is 0 Å². The number of hydrogen-bond donors (Lipinski definition) is 2. The van der Waals surface area contributed by atoms with Crippen molar-refractivity contribution in [2.24, 2.45) is 0 Å². The molecule has 0 aliphatic heterocycles. The zero-order chi connectivity index (χ0) is 13.4. The summed E-state index contributed by atoms with van der Waals surface area (Å²) in [6.45, 7) is 2.87. The number of amides is 1. The molecule has 0 bridgehead atoms. The van der Waals surface area contributed by atoms with Crippen molar-refractivity contribution in [1.82, 2.24) is 0 Å². The van der Waals surface area contributed by atoms with Crippen molar-refractivity contribution in [3.63, 3.8) is 0 Å². The average molecular weight is 249 g/mol. The van der Waals surface area contributed by atoms with Crippen LogP contribution in [0.3, 0.4) is 0 Å². The third-order valence-corrected chi connectivity index (χ3v) is 2.11. The first-order chi connectivity index (χ1) is 8.63. The van der Waals surface area contributed by atoms with Crippen molar-refractivity contribution in [2.75, 3.05) is 11.9 Å². The monoisotopic (exact) mass is 249 g/mol. The van der Waals surface area contributed by atoms with Crippen LogP contribution >= 0.6 is 0 Å². The number of para-hydroxylation sites is 1. The Morgan fingerprint density at radius 2 is 2.06 bits per heavy atom. The highest BCUT2D eigenvalue weighted by Gasteiger charge is 2.04. The van der Waals surface area contributed by atoms with E-state index < -0.39 is 11.9 Å². The number of anilines is 1.